The zero-order chi connectivity index (χ0) is 27.9. The van der Waals surface area contributed by atoms with Gasteiger partial charge in [0.2, 0.25) is 11.6 Å². The van der Waals surface area contributed by atoms with Gasteiger partial charge >= 0.3 is 12.4 Å². The van der Waals surface area contributed by atoms with Gasteiger partial charge in [0.15, 0.2) is 46.5 Å². The highest BCUT2D eigenvalue weighted by atomic mass is 33.1. The van der Waals surface area contributed by atoms with Crippen LogP contribution in [0.15, 0.2) is 0 Å². The molecule has 2 atom stereocenters. The van der Waals surface area contributed by atoms with Crippen molar-refractivity contribution in [3.8, 4) is 0 Å². The molecule has 0 heterocycles. The van der Waals surface area contributed by atoms with Gasteiger partial charge in [0, 0.05) is 11.1 Å². The molecule has 2 aromatic rings. The molecule has 2 aromatic carbocycles. The van der Waals surface area contributed by atoms with Crippen LogP contribution in [0.1, 0.15) is 34.5 Å². The first kappa shape index (κ1) is 30.2. The van der Waals surface area contributed by atoms with Crippen LogP contribution in [0, 0.1) is 58.2 Å². The minimum atomic E-state index is -5.44. The van der Waals surface area contributed by atoms with E-state index in [2.05, 4.69) is 0 Å². The molecule has 0 saturated heterocycles. The van der Waals surface area contributed by atoms with Crippen molar-refractivity contribution in [2.75, 3.05) is 0 Å². The van der Waals surface area contributed by atoms with E-state index in [1.54, 1.807) is 0 Å². The molecule has 0 saturated carbocycles. The maximum absolute atomic E-state index is 14.1. The highest BCUT2D eigenvalue weighted by molar-refractivity contribution is 8.76. The van der Waals surface area contributed by atoms with Crippen molar-refractivity contribution >= 4 is 21.6 Å². The summed E-state index contributed by atoms with van der Waals surface area (Å²) in [5, 5.41) is -5.84. The van der Waals surface area contributed by atoms with E-state index in [-0.39, 0.29) is 0 Å². The van der Waals surface area contributed by atoms with Crippen LogP contribution < -0.4 is 0 Å². The predicted octanol–water partition coefficient (Wildman–Crippen LogP) is 9.15. The first-order valence-electron chi connectivity index (χ1n) is 8.76. The van der Waals surface area contributed by atoms with E-state index in [9.17, 15) is 70.2 Å². The summed E-state index contributed by atoms with van der Waals surface area (Å²) in [5.74, 6) is -27.5. The minimum Gasteiger partial charge on any atom is -0.203 e. The fourth-order valence-electron chi connectivity index (χ4n) is 2.73. The lowest BCUT2D eigenvalue weighted by Gasteiger charge is -2.24. The summed E-state index contributed by atoms with van der Waals surface area (Å²) in [6.07, 6.45) is -15.7. The Morgan fingerprint density at radius 2 is 0.583 bits per heavy atom. The molecular weight excluding hydrogens is 584 g/mol. The molecule has 0 aliphatic heterocycles. The number of halogens is 16. The van der Waals surface area contributed by atoms with Gasteiger partial charge in [0.05, 0.1) is 23.3 Å². The molecule has 0 aromatic heterocycles. The molecule has 0 aliphatic rings. The lowest BCUT2D eigenvalue weighted by atomic mass is 10.1. The van der Waals surface area contributed by atoms with Gasteiger partial charge in [0.25, 0.3) is 0 Å². The molecule has 18 heteroatoms. The van der Waals surface area contributed by atoms with E-state index in [0.717, 1.165) is 0 Å². The maximum atomic E-state index is 14.1. The van der Waals surface area contributed by atoms with Gasteiger partial charge in [0.1, 0.15) is 0 Å². The topological polar surface area (TPSA) is 0 Å². The molecule has 2 unspecified atom stereocenters. The monoisotopic (exact) mass is 590 g/mol. The van der Waals surface area contributed by atoms with Crippen molar-refractivity contribution in [1.29, 1.82) is 0 Å². The average molecular weight is 590 g/mol. The second-order valence-corrected chi connectivity index (χ2v) is 9.45. The predicted molar refractivity (Wildman–Crippen MR) is 94.5 cm³/mol. The van der Waals surface area contributed by atoms with Crippen LogP contribution in [-0.2, 0) is 0 Å². The quantitative estimate of drug-likeness (QED) is 0.137. The van der Waals surface area contributed by atoms with E-state index >= 15 is 0 Å². The van der Waals surface area contributed by atoms with E-state index < -0.39 is 127 Å². The Balaban J connectivity index is 2.63. The summed E-state index contributed by atoms with van der Waals surface area (Å²) in [6, 6.07) is 0. The summed E-state index contributed by atoms with van der Waals surface area (Å²) in [7, 11) is -1.36. The Morgan fingerprint density at radius 1 is 0.389 bits per heavy atom. The third kappa shape index (κ3) is 6.47. The zero-order valence-corrected chi connectivity index (χ0v) is 18.1. The first-order chi connectivity index (χ1) is 16.3. The molecule has 202 valence electrons. The molecule has 36 heavy (non-hydrogen) atoms. The number of benzene rings is 2. The fraction of sp³-hybridized carbons (Fsp3) is 0.333. The fourth-order valence-corrected chi connectivity index (χ4v) is 5.91. The minimum absolute atomic E-state index is 0.681. The smallest absolute Gasteiger partial charge is 0.203 e. The van der Waals surface area contributed by atoms with E-state index in [1.165, 1.54) is 0 Å². The average Bonchev–Trinajstić information content (AvgIpc) is 2.75. The van der Waals surface area contributed by atoms with E-state index in [1.807, 2.05) is 0 Å². The van der Waals surface area contributed by atoms with Crippen molar-refractivity contribution < 1.29 is 70.2 Å². The Bertz CT molecular complexity index is 992. The van der Waals surface area contributed by atoms with Crippen LogP contribution >= 0.6 is 21.6 Å². The second kappa shape index (κ2) is 10.8. The third-order valence-corrected chi connectivity index (χ3v) is 7.36. The van der Waals surface area contributed by atoms with Crippen LogP contribution in [0.4, 0.5) is 70.2 Å². The van der Waals surface area contributed by atoms with Crippen LogP contribution in [0.3, 0.4) is 0 Å². The molecule has 2 rings (SSSR count). The lowest BCUT2D eigenvalue weighted by molar-refractivity contribution is -0.135. The molecule has 0 amide bonds. The molecule has 0 aliphatic carbocycles. The standard InChI is InChI=1S/C18H6F16S2/c19-7-5(8(20)12(24)15(27)11(7)23)3(1-17(29,30)31)35-36-4(2-18(32,33)34)6-9(21)13(25)16(28)14(26)10(6)22/h3-4H,1-2H2. The lowest BCUT2D eigenvalue weighted by Crippen LogP contribution is -2.18. The molecule has 0 spiro atoms. The molecule has 0 N–H and O–H groups in total. The highest BCUT2D eigenvalue weighted by Gasteiger charge is 2.42. The van der Waals surface area contributed by atoms with Crippen molar-refractivity contribution in [3.63, 3.8) is 0 Å². The normalized spacial score (nSPS) is 14.3. The van der Waals surface area contributed by atoms with Crippen molar-refractivity contribution in [3.05, 3.63) is 69.3 Å². The van der Waals surface area contributed by atoms with Gasteiger partial charge in [-0.25, -0.2) is 43.9 Å². The number of alkyl halides is 6. The van der Waals surface area contributed by atoms with E-state index in [4.69, 9.17) is 0 Å². The molecular formula is C18H6F16S2. The third-order valence-electron chi connectivity index (χ3n) is 4.25. The van der Waals surface area contributed by atoms with Crippen LogP contribution in [0.25, 0.3) is 0 Å². The first-order valence-corrected chi connectivity index (χ1v) is 11.0. The Hall–Kier alpha value is -1.98. The number of hydrogen-bond donors (Lipinski definition) is 0. The van der Waals surface area contributed by atoms with Crippen LogP contribution in [0.5, 0.6) is 0 Å². The molecule has 0 radical (unpaired) electrons. The zero-order valence-electron chi connectivity index (χ0n) is 16.4. The van der Waals surface area contributed by atoms with Gasteiger partial charge in [-0.05, 0) is 0 Å². The Kier molecular flexibility index (Phi) is 9.06. The summed E-state index contributed by atoms with van der Waals surface area (Å²) in [6.45, 7) is 0. The summed E-state index contributed by atoms with van der Waals surface area (Å²) >= 11 is 0. The van der Waals surface area contributed by atoms with Crippen molar-refractivity contribution in [2.45, 2.75) is 35.7 Å². The van der Waals surface area contributed by atoms with Crippen LogP contribution in [-0.4, -0.2) is 12.4 Å². The second-order valence-electron chi connectivity index (χ2n) is 6.78. The van der Waals surface area contributed by atoms with E-state index in [0.29, 0.717) is 0 Å². The molecule has 0 fully saturated rings. The summed E-state index contributed by atoms with van der Waals surface area (Å²) < 4.78 is 215. The summed E-state index contributed by atoms with van der Waals surface area (Å²) in [5.41, 5.74) is -4.27. The van der Waals surface area contributed by atoms with Gasteiger partial charge < -0.3 is 0 Å². The SMILES string of the molecule is Fc1c(F)c(F)c(C(CC(F)(F)F)SSC(CC(F)(F)F)c2c(F)c(F)c(F)c(F)c2F)c(F)c1F. The van der Waals surface area contributed by atoms with Crippen LogP contribution in [0.2, 0.25) is 0 Å². The molecule has 0 nitrogen and oxygen atoms in total. The maximum Gasteiger partial charge on any atom is 0.390 e. The Morgan fingerprint density at radius 3 is 0.778 bits per heavy atom. The van der Waals surface area contributed by atoms with Crippen molar-refractivity contribution in [1.82, 2.24) is 0 Å². The number of rotatable bonds is 7. The molecule has 0 bridgehead atoms. The summed E-state index contributed by atoms with van der Waals surface area (Å²) in [4.78, 5) is 0. The van der Waals surface area contributed by atoms with Gasteiger partial charge in [-0.2, -0.15) is 26.3 Å². The number of hydrogen-bond acceptors (Lipinski definition) is 2. The Labute approximate surface area is 197 Å². The van der Waals surface area contributed by atoms with Gasteiger partial charge in [-0.1, -0.05) is 21.6 Å². The van der Waals surface area contributed by atoms with Gasteiger partial charge in [-0.15, -0.1) is 0 Å². The van der Waals surface area contributed by atoms with Crippen molar-refractivity contribution in [2.24, 2.45) is 0 Å². The highest BCUT2D eigenvalue weighted by Crippen LogP contribution is 2.54. The van der Waals surface area contributed by atoms with Gasteiger partial charge in [-0.3, -0.25) is 0 Å². The largest absolute Gasteiger partial charge is 0.390 e.